The number of carbonyl (C=O) groups excluding carboxylic acids is 1. The highest BCUT2D eigenvalue weighted by Gasteiger charge is 2.04. The molecule has 0 unspecified atom stereocenters. The fourth-order valence-corrected chi connectivity index (χ4v) is 1.14. The molecule has 1 amide bonds. The first-order valence-electron chi connectivity index (χ1n) is 4.85. The van der Waals surface area contributed by atoms with Crippen LogP contribution in [-0.2, 0) is 0 Å². The van der Waals surface area contributed by atoms with E-state index in [1.165, 1.54) is 12.5 Å². The van der Waals surface area contributed by atoms with Crippen molar-refractivity contribution in [2.45, 2.75) is 19.3 Å². The van der Waals surface area contributed by atoms with Crippen LogP contribution in [-0.4, -0.2) is 19.0 Å². The maximum Gasteiger partial charge on any atom is 0.254 e. The molecule has 1 rings (SSSR count). The van der Waals surface area contributed by atoms with Gasteiger partial charge in [0.25, 0.3) is 5.91 Å². The minimum atomic E-state index is -0.0773. The predicted molar refractivity (Wildman–Crippen MR) is 53.9 cm³/mol. The summed E-state index contributed by atoms with van der Waals surface area (Å²) in [7, 11) is 0. The number of hydrogen-bond acceptors (Lipinski definition) is 3. The highest BCUT2D eigenvalue weighted by molar-refractivity contribution is 5.93. The molecule has 0 radical (unpaired) electrons. The van der Waals surface area contributed by atoms with Crippen LogP contribution in [0.25, 0.3) is 0 Å². The lowest BCUT2D eigenvalue weighted by molar-refractivity contribution is 0.0952. The molecule has 1 heterocycles. The molecule has 0 aliphatic heterocycles. The molecule has 0 bridgehead atoms. The fraction of sp³-hybridized carbons (Fsp3) is 0.500. The minimum absolute atomic E-state index is 0.0773. The summed E-state index contributed by atoms with van der Waals surface area (Å²) in [4.78, 5) is 11.3. The molecule has 1 aromatic heterocycles. The molecule has 4 nitrogen and oxygen atoms in total. The third-order valence-corrected chi connectivity index (χ3v) is 1.95. The Morgan fingerprint density at radius 1 is 1.43 bits per heavy atom. The van der Waals surface area contributed by atoms with Gasteiger partial charge >= 0.3 is 0 Å². The first-order chi connectivity index (χ1) is 6.84. The Morgan fingerprint density at radius 2 is 2.29 bits per heavy atom. The van der Waals surface area contributed by atoms with Gasteiger partial charge in [-0.2, -0.15) is 0 Å². The molecule has 0 saturated heterocycles. The zero-order valence-corrected chi connectivity index (χ0v) is 8.16. The Hall–Kier alpha value is -1.29. The molecule has 0 aliphatic carbocycles. The van der Waals surface area contributed by atoms with Crippen molar-refractivity contribution in [2.75, 3.05) is 13.1 Å². The van der Waals surface area contributed by atoms with E-state index in [0.29, 0.717) is 12.1 Å². The summed E-state index contributed by atoms with van der Waals surface area (Å²) in [6, 6.07) is 1.65. The van der Waals surface area contributed by atoms with Crippen LogP contribution in [0.2, 0.25) is 0 Å². The van der Waals surface area contributed by atoms with Gasteiger partial charge in [-0.1, -0.05) is 6.42 Å². The largest absolute Gasteiger partial charge is 0.472 e. The van der Waals surface area contributed by atoms with Crippen molar-refractivity contribution in [3.8, 4) is 0 Å². The number of nitrogens with one attached hydrogen (secondary N) is 1. The molecule has 0 spiro atoms. The van der Waals surface area contributed by atoms with E-state index in [0.717, 1.165) is 25.8 Å². The van der Waals surface area contributed by atoms with Gasteiger partial charge in [-0.25, -0.2) is 0 Å². The van der Waals surface area contributed by atoms with Crippen molar-refractivity contribution >= 4 is 5.91 Å². The van der Waals surface area contributed by atoms with Gasteiger partial charge in [0.05, 0.1) is 11.8 Å². The lowest BCUT2D eigenvalue weighted by Crippen LogP contribution is -2.23. The second-order valence-corrected chi connectivity index (χ2v) is 3.12. The normalized spacial score (nSPS) is 10.1. The number of carbonyl (C=O) groups is 1. The van der Waals surface area contributed by atoms with Gasteiger partial charge in [-0.05, 0) is 25.5 Å². The molecular formula is C10H16N2O2. The van der Waals surface area contributed by atoms with Gasteiger partial charge in [0, 0.05) is 6.54 Å². The zero-order valence-electron chi connectivity index (χ0n) is 8.16. The Bertz CT molecular complexity index is 257. The molecule has 0 atom stereocenters. The van der Waals surface area contributed by atoms with Gasteiger partial charge in [-0.3, -0.25) is 4.79 Å². The summed E-state index contributed by atoms with van der Waals surface area (Å²) in [6.45, 7) is 1.42. The van der Waals surface area contributed by atoms with Gasteiger partial charge in [-0.15, -0.1) is 0 Å². The van der Waals surface area contributed by atoms with E-state index in [4.69, 9.17) is 10.2 Å². The number of amides is 1. The van der Waals surface area contributed by atoms with Crippen LogP contribution in [0.4, 0.5) is 0 Å². The second kappa shape index (κ2) is 6.21. The van der Waals surface area contributed by atoms with Crippen molar-refractivity contribution in [1.29, 1.82) is 0 Å². The van der Waals surface area contributed by atoms with E-state index < -0.39 is 0 Å². The zero-order chi connectivity index (χ0) is 10.2. The lowest BCUT2D eigenvalue weighted by Gasteiger charge is -2.02. The molecule has 3 N–H and O–H groups in total. The number of rotatable bonds is 6. The van der Waals surface area contributed by atoms with Crippen molar-refractivity contribution in [3.05, 3.63) is 24.2 Å². The van der Waals surface area contributed by atoms with Crippen molar-refractivity contribution in [2.24, 2.45) is 5.73 Å². The van der Waals surface area contributed by atoms with E-state index in [1.807, 2.05) is 0 Å². The average Bonchev–Trinajstić information content (AvgIpc) is 2.70. The third-order valence-electron chi connectivity index (χ3n) is 1.95. The molecule has 14 heavy (non-hydrogen) atoms. The van der Waals surface area contributed by atoms with Crippen LogP contribution in [0.15, 0.2) is 23.0 Å². The van der Waals surface area contributed by atoms with E-state index in [2.05, 4.69) is 5.32 Å². The first kappa shape index (κ1) is 10.8. The Balaban J connectivity index is 2.10. The second-order valence-electron chi connectivity index (χ2n) is 3.12. The van der Waals surface area contributed by atoms with Gasteiger partial charge < -0.3 is 15.5 Å². The third kappa shape index (κ3) is 3.62. The molecule has 0 aliphatic rings. The minimum Gasteiger partial charge on any atom is -0.472 e. The van der Waals surface area contributed by atoms with Crippen LogP contribution in [0.1, 0.15) is 29.6 Å². The molecule has 78 valence electrons. The fourth-order valence-electron chi connectivity index (χ4n) is 1.14. The summed E-state index contributed by atoms with van der Waals surface area (Å²) in [5, 5.41) is 2.80. The number of nitrogens with two attached hydrogens (primary N) is 1. The Kier molecular flexibility index (Phi) is 4.78. The molecule has 0 saturated carbocycles. The van der Waals surface area contributed by atoms with Gasteiger partial charge in [0.15, 0.2) is 0 Å². The molecular weight excluding hydrogens is 180 g/mol. The number of unbranched alkanes of at least 4 members (excludes halogenated alkanes) is 2. The van der Waals surface area contributed by atoms with Crippen LogP contribution >= 0.6 is 0 Å². The summed E-state index contributed by atoms with van der Waals surface area (Å²) < 4.78 is 4.80. The van der Waals surface area contributed by atoms with Crippen molar-refractivity contribution in [1.82, 2.24) is 5.32 Å². The standard InChI is InChI=1S/C10H16N2O2/c11-5-2-1-3-6-12-10(13)9-4-7-14-8-9/h4,7-8H,1-3,5-6,11H2,(H,12,13). The topological polar surface area (TPSA) is 68.3 Å². The van der Waals surface area contributed by atoms with E-state index >= 15 is 0 Å². The average molecular weight is 196 g/mol. The van der Waals surface area contributed by atoms with Crippen LogP contribution in [0, 0.1) is 0 Å². The number of furan rings is 1. The molecule has 0 fully saturated rings. The van der Waals surface area contributed by atoms with E-state index in [1.54, 1.807) is 6.07 Å². The maximum absolute atomic E-state index is 11.3. The first-order valence-corrected chi connectivity index (χ1v) is 4.85. The molecule has 0 aromatic carbocycles. The highest BCUT2D eigenvalue weighted by Crippen LogP contribution is 1.99. The van der Waals surface area contributed by atoms with E-state index in [-0.39, 0.29) is 5.91 Å². The van der Waals surface area contributed by atoms with E-state index in [9.17, 15) is 4.79 Å². The van der Waals surface area contributed by atoms with Gasteiger partial charge in [0.2, 0.25) is 0 Å². The maximum atomic E-state index is 11.3. The lowest BCUT2D eigenvalue weighted by atomic mass is 10.2. The SMILES string of the molecule is NCCCCCNC(=O)c1ccoc1. The van der Waals surface area contributed by atoms with Crippen LogP contribution in [0.5, 0.6) is 0 Å². The predicted octanol–water partition coefficient (Wildman–Crippen LogP) is 1.14. The summed E-state index contributed by atoms with van der Waals surface area (Å²) in [5.41, 5.74) is 5.92. The van der Waals surface area contributed by atoms with Crippen molar-refractivity contribution < 1.29 is 9.21 Å². The smallest absolute Gasteiger partial charge is 0.254 e. The van der Waals surface area contributed by atoms with Crippen LogP contribution < -0.4 is 11.1 Å². The number of hydrogen-bond donors (Lipinski definition) is 2. The van der Waals surface area contributed by atoms with Gasteiger partial charge in [0.1, 0.15) is 6.26 Å². The van der Waals surface area contributed by atoms with Crippen LogP contribution in [0.3, 0.4) is 0 Å². The Labute approximate surface area is 83.5 Å². The molecule has 1 aromatic rings. The Morgan fingerprint density at radius 3 is 2.93 bits per heavy atom. The summed E-state index contributed by atoms with van der Waals surface area (Å²) in [6.07, 6.45) is 5.98. The monoisotopic (exact) mass is 196 g/mol. The quantitative estimate of drug-likeness (QED) is 0.670. The highest BCUT2D eigenvalue weighted by atomic mass is 16.3. The summed E-state index contributed by atoms with van der Waals surface area (Å²) in [5.74, 6) is -0.0773. The molecule has 4 heteroatoms. The summed E-state index contributed by atoms with van der Waals surface area (Å²) >= 11 is 0. The van der Waals surface area contributed by atoms with Crippen molar-refractivity contribution in [3.63, 3.8) is 0 Å².